The molecule has 0 aliphatic rings. The number of unbranched alkanes of at least 4 members (excludes halogenated alkanes) is 1. The Morgan fingerprint density at radius 3 is 2.89 bits per heavy atom. The van der Waals surface area contributed by atoms with Gasteiger partial charge in [-0.3, -0.25) is 4.79 Å². The lowest BCUT2D eigenvalue weighted by molar-refractivity contribution is 0.0933. The standard InChI is InChI=1S/C13H19ClN2O2/c1-2-3-4-10(8-15)16-13(18)11-7-9(14)5-6-12(11)17/h5-7,10,17H,2-4,8,15H2,1H3,(H,16,18). The van der Waals surface area contributed by atoms with Crippen LogP contribution in [-0.4, -0.2) is 23.6 Å². The van der Waals surface area contributed by atoms with Crippen molar-refractivity contribution in [2.24, 2.45) is 5.73 Å². The van der Waals surface area contributed by atoms with E-state index in [9.17, 15) is 9.90 Å². The minimum Gasteiger partial charge on any atom is -0.507 e. The lowest BCUT2D eigenvalue weighted by atomic mass is 10.1. The smallest absolute Gasteiger partial charge is 0.255 e. The Morgan fingerprint density at radius 2 is 2.28 bits per heavy atom. The van der Waals surface area contributed by atoms with Gasteiger partial charge in [-0.2, -0.15) is 0 Å². The molecule has 1 aromatic rings. The summed E-state index contributed by atoms with van der Waals surface area (Å²) in [5.41, 5.74) is 5.78. The van der Waals surface area contributed by atoms with E-state index >= 15 is 0 Å². The first kappa shape index (κ1) is 14.8. The molecule has 0 bridgehead atoms. The lowest BCUT2D eigenvalue weighted by Gasteiger charge is -2.17. The van der Waals surface area contributed by atoms with Crippen LogP contribution in [0.2, 0.25) is 5.02 Å². The topological polar surface area (TPSA) is 75.3 Å². The molecule has 0 aliphatic heterocycles. The highest BCUT2D eigenvalue weighted by molar-refractivity contribution is 6.31. The zero-order valence-corrected chi connectivity index (χ0v) is 11.2. The molecule has 4 nitrogen and oxygen atoms in total. The van der Waals surface area contributed by atoms with E-state index in [2.05, 4.69) is 12.2 Å². The number of aromatic hydroxyl groups is 1. The molecule has 0 saturated heterocycles. The van der Waals surface area contributed by atoms with E-state index in [-0.39, 0.29) is 23.3 Å². The summed E-state index contributed by atoms with van der Waals surface area (Å²) in [6, 6.07) is 4.31. The molecule has 1 atom stereocenters. The van der Waals surface area contributed by atoms with Crippen LogP contribution in [0.1, 0.15) is 36.5 Å². The second-order valence-electron chi connectivity index (χ2n) is 4.21. The van der Waals surface area contributed by atoms with E-state index in [0.717, 1.165) is 19.3 Å². The predicted octanol–water partition coefficient (Wildman–Crippen LogP) is 2.29. The molecule has 0 heterocycles. The number of phenolic OH excluding ortho intramolecular Hbond substituents is 1. The SMILES string of the molecule is CCCCC(CN)NC(=O)c1cc(Cl)ccc1O. The fourth-order valence-electron chi connectivity index (χ4n) is 1.65. The number of benzene rings is 1. The monoisotopic (exact) mass is 270 g/mol. The Balaban J connectivity index is 2.71. The Hall–Kier alpha value is -1.26. The maximum absolute atomic E-state index is 12.0. The minimum atomic E-state index is -0.346. The fraction of sp³-hybridized carbons (Fsp3) is 0.462. The van der Waals surface area contributed by atoms with Crippen LogP contribution in [0.5, 0.6) is 5.75 Å². The van der Waals surface area contributed by atoms with Gasteiger partial charge in [-0.15, -0.1) is 0 Å². The molecule has 0 spiro atoms. The first-order chi connectivity index (χ1) is 8.58. The minimum absolute atomic E-state index is 0.0733. The van der Waals surface area contributed by atoms with Crippen molar-refractivity contribution in [2.75, 3.05) is 6.54 Å². The molecule has 1 aromatic carbocycles. The Labute approximate surface area is 112 Å². The van der Waals surface area contributed by atoms with Gasteiger partial charge in [0, 0.05) is 17.6 Å². The van der Waals surface area contributed by atoms with E-state index in [4.69, 9.17) is 17.3 Å². The number of hydrogen-bond donors (Lipinski definition) is 3. The molecule has 0 radical (unpaired) electrons. The second kappa shape index (κ2) is 7.24. The summed E-state index contributed by atoms with van der Waals surface area (Å²) in [6.45, 7) is 2.46. The Morgan fingerprint density at radius 1 is 1.56 bits per heavy atom. The van der Waals surface area contributed by atoms with Crippen molar-refractivity contribution in [1.29, 1.82) is 0 Å². The molecule has 1 amide bonds. The van der Waals surface area contributed by atoms with Gasteiger partial charge in [0.2, 0.25) is 0 Å². The van der Waals surface area contributed by atoms with Gasteiger partial charge in [-0.25, -0.2) is 0 Å². The van der Waals surface area contributed by atoms with E-state index in [1.54, 1.807) is 0 Å². The molecule has 4 N–H and O–H groups in total. The van der Waals surface area contributed by atoms with Crippen LogP contribution in [0.4, 0.5) is 0 Å². The number of halogens is 1. The number of phenols is 1. The van der Waals surface area contributed by atoms with Gasteiger partial charge in [0.25, 0.3) is 5.91 Å². The average Bonchev–Trinajstić information content (AvgIpc) is 2.37. The maximum atomic E-state index is 12.0. The van der Waals surface area contributed by atoms with Gasteiger partial charge in [-0.05, 0) is 24.6 Å². The van der Waals surface area contributed by atoms with E-state index < -0.39 is 0 Å². The summed E-state index contributed by atoms with van der Waals surface area (Å²) < 4.78 is 0. The van der Waals surface area contributed by atoms with Crippen molar-refractivity contribution in [3.8, 4) is 5.75 Å². The number of nitrogens with two attached hydrogens (primary N) is 1. The molecule has 5 heteroatoms. The third-order valence-electron chi connectivity index (χ3n) is 2.73. The normalized spacial score (nSPS) is 12.2. The van der Waals surface area contributed by atoms with Gasteiger partial charge < -0.3 is 16.2 Å². The van der Waals surface area contributed by atoms with Crippen LogP contribution >= 0.6 is 11.6 Å². The van der Waals surface area contributed by atoms with Crippen molar-refractivity contribution in [2.45, 2.75) is 32.2 Å². The van der Waals surface area contributed by atoms with Crippen molar-refractivity contribution in [3.05, 3.63) is 28.8 Å². The Kier molecular flexibility index (Phi) is 5.95. The zero-order chi connectivity index (χ0) is 13.5. The van der Waals surface area contributed by atoms with Crippen LogP contribution in [0.25, 0.3) is 0 Å². The van der Waals surface area contributed by atoms with E-state index in [1.165, 1.54) is 18.2 Å². The molecule has 100 valence electrons. The largest absolute Gasteiger partial charge is 0.507 e. The number of rotatable bonds is 6. The number of carbonyl (C=O) groups excluding carboxylic acids is 1. The number of nitrogens with one attached hydrogen (secondary N) is 1. The lowest BCUT2D eigenvalue weighted by Crippen LogP contribution is -2.40. The highest BCUT2D eigenvalue weighted by Crippen LogP contribution is 2.21. The highest BCUT2D eigenvalue weighted by Gasteiger charge is 2.15. The van der Waals surface area contributed by atoms with Crippen molar-refractivity contribution in [1.82, 2.24) is 5.32 Å². The number of carbonyl (C=O) groups is 1. The van der Waals surface area contributed by atoms with Crippen molar-refractivity contribution < 1.29 is 9.90 Å². The summed E-state index contributed by atoms with van der Waals surface area (Å²) in [5, 5.41) is 12.8. The van der Waals surface area contributed by atoms with Crippen LogP contribution in [0, 0.1) is 0 Å². The van der Waals surface area contributed by atoms with E-state index in [1.807, 2.05) is 0 Å². The van der Waals surface area contributed by atoms with Crippen LogP contribution in [0.3, 0.4) is 0 Å². The molecule has 0 aliphatic carbocycles. The van der Waals surface area contributed by atoms with Gasteiger partial charge >= 0.3 is 0 Å². The summed E-state index contributed by atoms with van der Waals surface area (Å²) in [4.78, 5) is 12.0. The molecule has 18 heavy (non-hydrogen) atoms. The summed E-state index contributed by atoms with van der Waals surface area (Å²) in [5.74, 6) is -0.426. The van der Waals surface area contributed by atoms with Crippen LogP contribution in [-0.2, 0) is 0 Å². The zero-order valence-electron chi connectivity index (χ0n) is 10.4. The maximum Gasteiger partial charge on any atom is 0.255 e. The van der Waals surface area contributed by atoms with Gasteiger partial charge in [0.05, 0.1) is 5.56 Å². The average molecular weight is 271 g/mol. The molecule has 0 saturated carbocycles. The van der Waals surface area contributed by atoms with E-state index in [0.29, 0.717) is 11.6 Å². The van der Waals surface area contributed by atoms with Gasteiger partial charge in [0.1, 0.15) is 5.75 Å². The quantitative estimate of drug-likeness (QED) is 0.742. The molecular weight excluding hydrogens is 252 g/mol. The molecule has 1 rings (SSSR count). The summed E-state index contributed by atoms with van der Waals surface area (Å²) >= 11 is 5.80. The van der Waals surface area contributed by atoms with Crippen molar-refractivity contribution >= 4 is 17.5 Å². The fourth-order valence-corrected chi connectivity index (χ4v) is 1.82. The molecule has 1 unspecified atom stereocenters. The third kappa shape index (κ3) is 4.20. The summed E-state index contributed by atoms with van der Waals surface area (Å²) in [7, 11) is 0. The third-order valence-corrected chi connectivity index (χ3v) is 2.96. The van der Waals surface area contributed by atoms with Gasteiger partial charge in [0.15, 0.2) is 0 Å². The van der Waals surface area contributed by atoms with Crippen molar-refractivity contribution in [3.63, 3.8) is 0 Å². The molecule has 0 aromatic heterocycles. The number of hydrogen-bond acceptors (Lipinski definition) is 3. The second-order valence-corrected chi connectivity index (χ2v) is 4.65. The predicted molar refractivity (Wildman–Crippen MR) is 73.0 cm³/mol. The van der Waals surface area contributed by atoms with Crippen LogP contribution in [0.15, 0.2) is 18.2 Å². The summed E-state index contributed by atoms with van der Waals surface area (Å²) in [6.07, 6.45) is 2.89. The van der Waals surface area contributed by atoms with Crippen LogP contribution < -0.4 is 11.1 Å². The molecule has 0 fully saturated rings. The molecular formula is C13H19ClN2O2. The Bertz CT molecular complexity index is 410. The first-order valence-electron chi connectivity index (χ1n) is 6.08. The highest BCUT2D eigenvalue weighted by atomic mass is 35.5. The first-order valence-corrected chi connectivity index (χ1v) is 6.45. The number of amides is 1. The van der Waals surface area contributed by atoms with Gasteiger partial charge in [-0.1, -0.05) is 31.4 Å².